The van der Waals surface area contributed by atoms with Gasteiger partial charge in [0.05, 0.1) is 23.4 Å². The van der Waals surface area contributed by atoms with Crippen LogP contribution in [0.15, 0.2) is 55.0 Å². The topological polar surface area (TPSA) is 103 Å². The predicted octanol–water partition coefficient (Wildman–Crippen LogP) is 2.79. The van der Waals surface area contributed by atoms with Crippen molar-refractivity contribution in [1.29, 1.82) is 0 Å². The molecule has 3 aromatic heterocycles. The van der Waals surface area contributed by atoms with Crippen LogP contribution in [0.3, 0.4) is 0 Å². The van der Waals surface area contributed by atoms with Crippen molar-refractivity contribution < 1.29 is 4.74 Å². The Morgan fingerprint density at radius 2 is 1.91 bits per heavy atom. The van der Waals surface area contributed by atoms with Gasteiger partial charge in [-0.3, -0.25) is 4.98 Å². The number of aromatic nitrogens is 5. The van der Waals surface area contributed by atoms with Gasteiger partial charge in [-0.25, -0.2) is 15.0 Å². The standard InChI is InChI=1S/C16H12N6O/c17-15-14(16-20-11-5-1-2-6-12(11)21-16)22-13(9-19-15)23-10-4-3-7-18-8-10/h1-9H,(H2,17,19)(H,20,21). The number of nitrogen functional groups attached to an aromatic ring is 1. The third-order valence-corrected chi connectivity index (χ3v) is 3.25. The molecule has 0 atom stereocenters. The zero-order valence-electron chi connectivity index (χ0n) is 12.0. The molecule has 3 N–H and O–H groups in total. The van der Waals surface area contributed by atoms with E-state index in [1.807, 2.05) is 24.3 Å². The number of nitrogens with zero attached hydrogens (tertiary/aromatic N) is 4. The van der Waals surface area contributed by atoms with Gasteiger partial charge in [-0.2, -0.15) is 0 Å². The molecule has 0 saturated heterocycles. The number of hydrogen-bond acceptors (Lipinski definition) is 6. The number of imidazole rings is 1. The predicted molar refractivity (Wildman–Crippen MR) is 85.8 cm³/mol. The number of anilines is 1. The Bertz CT molecular complexity index is 934. The molecule has 0 unspecified atom stereocenters. The molecule has 0 radical (unpaired) electrons. The molecule has 7 heteroatoms. The monoisotopic (exact) mass is 304 g/mol. The quantitative estimate of drug-likeness (QED) is 0.603. The van der Waals surface area contributed by atoms with E-state index in [9.17, 15) is 0 Å². The highest BCUT2D eigenvalue weighted by Gasteiger charge is 2.13. The van der Waals surface area contributed by atoms with Crippen molar-refractivity contribution in [2.45, 2.75) is 0 Å². The minimum Gasteiger partial charge on any atom is -0.436 e. The maximum atomic E-state index is 5.94. The first-order chi connectivity index (χ1) is 11.3. The Labute approximate surface area is 131 Å². The summed E-state index contributed by atoms with van der Waals surface area (Å²) in [5.41, 5.74) is 8.12. The number of aromatic amines is 1. The fourth-order valence-electron chi connectivity index (χ4n) is 2.20. The van der Waals surface area contributed by atoms with E-state index in [0.717, 1.165) is 11.0 Å². The van der Waals surface area contributed by atoms with E-state index in [1.165, 1.54) is 6.20 Å². The number of benzene rings is 1. The smallest absolute Gasteiger partial charge is 0.238 e. The molecule has 0 saturated carbocycles. The lowest BCUT2D eigenvalue weighted by atomic mass is 10.3. The summed E-state index contributed by atoms with van der Waals surface area (Å²) in [6.07, 6.45) is 4.73. The summed E-state index contributed by atoms with van der Waals surface area (Å²) in [6, 6.07) is 11.3. The number of nitrogens with one attached hydrogen (secondary N) is 1. The summed E-state index contributed by atoms with van der Waals surface area (Å²) in [5, 5.41) is 0. The Kier molecular flexibility index (Phi) is 3.09. The van der Waals surface area contributed by atoms with Crippen LogP contribution in [0.1, 0.15) is 0 Å². The van der Waals surface area contributed by atoms with Crippen molar-refractivity contribution in [2.24, 2.45) is 0 Å². The van der Waals surface area contributed by atoms with Gasteiger partial charge >= 0.3 is 0 Å². The van der Waals surface area contributed by atoms with Crippen molar-refractivity contribution in [2.75, 3.05) is 5.73 Å². The van der Waals surface area contributed by atoms with Crippen LogP contribution in [0.4, 0.5) is 5.82 Å². The maximum Gasteiger partial charge on any atom is 0.238 e. The van der Waals surface area contributed by atoms with Crippen LogP contribution in [0.2, 0.25) is 0 Å². The summed E-state index contributed by atoms with van der Waals surface area (Å²) in [7, 11) is 0. The Morgan fingerprint density at radius 1 is 1.00 bits per heavy atom. The molecule has 0 amide bonds. The van der Waals surface area contributed by atoms with Crippen molar-refractivity contribution in [3.8, 4) is 23.1 Å². The maximum absolute atomic E-state index is 5.94. The molecule has 112 valence electrons. The number of H-pyrrole nitrogens is 1. The number of para-hydroxylation sites is 2. The van der Waals surface area contributed by atoms with Crippen LogP contribution < -0.4 is 10.5 Å². The first kappa shape index (κ1) is 13.2. The van der Waals surface area contributed by atoms with Gasteiger partial charge < -0.3 is 15.5 Å². The first-order valence-electron chi connectivity index (χ1n) is 6.95. The molecular formula is C16H12N6O. The van der Waals surface area contributed by atoms with Gasteiger partial charge in [-0.15, -0.1) is 0 Å². The number of nitrogens with two attached hydrogens (primary N) is 1. The van der Waals surface area contributed by atoms with Crippen molar-refractivity contribution >= 4 is 16.9 Å². The number of pyridine rings is 1. The van der Waals surface area contributed by atoms with Gasteiger partial charge in [0, 0.05) is 6.20 Å². The molecule has 0 fully saturated rings. The number of rotatable bonds is 3. The first-order valence-corrected chi connectivity index (χ1v) is 6.95. The van der Waals surface area contributed by atoms with Crippen molar-refractivity contribution in [3.05, 3.63) is 55.0 Å². The molecule has 0 bridgehead atoms. The lowest BCUT2D eigenvalue weighted by molar-refractivity contribution is 0.459. The minimum atomic E-state index is 0.280. The third kappa shape index (κ3) is 2.55. The molecule has 0 aliphatic rings. The van der Waals surface area contributed by atoms with Crippen molar-refractivity contribution in [3.63, 3.8) is 0 Å². The summed E-state index contributed by atoms with van der Waals surface area (Å²) in [5.74, 6) is 1.72. The fraction of sp³-hybridized carbons (Fsp3) is 0. The highest BCUT2D eigenvalue weighted by atomic mass is 16.5. The molecule has 1 aromatic carbocycles. The van der Waals surface area contributed by atoms with E-state index in [-0.39, 0.29) is 5.82 Å². The molecule has 0 spiro atoms. The average molecular weight is 304 g/mol. The molecule has 0 aliphatic carbocycles. The van der Waals surface area contributed by atoms with Gasteiger partial charge in [0.15, 0.2) is 17.3 Å². The van der Waals surface area contributed by atoms with E-state index in [0.29, 0.717) is 23.1 Å². The van der Waals surface area contributed by atoms with Gasteiger partial charge in [0.1, 0.15) is 5.75 Å². The van der Waals surface area contributed by atoms with Gasteiger partial charge in [0.25, 0.3) is 0 Å². The van der Waals surface area contributed by atoms with Gasteiger partial charge in [0.2, 0.25) is 5.88 Å². The van der Waals surface area contributed by atoms with Crippen LogP contribution in [0, 0.1) is 0 Å². The normalized spacial score (nSPS) is 10.8. The Hall–Kier alpha value is -3.48. The lowest BCUT2D eigenvalue weighted by Gasteiger charge is -2.06. The highest BCUT2D eigenvalue weighted by Crippen LogP contribution is 2.26. The third-order valence-electron chi connectivity index (χ3n) is 3.25. The number of fused-ring (bicyclic) bond motifs is 1. The van der Waals surface area contributed by atoms with E-state index in [2.05, 4.69) is 24.9 Å². The van der Waals surface area contributed by atoms with Crippen LogP contribution in [-0.4, -0.2) is 24.9 Å². The van der Waals surface area contributed by atoms with E-state index in [4.69, 9.17) is 10.5 Å². The molecule has 7 nitrogen and oxygen atoms in total. The average Bonchev–Trinajstić information content (AvgIpc) is 3.01. The largest absolute Gasteiger partial charge is 0.436 e. The fourth-order valence-corrected chi connectivity index (χ4v) is 2.20. The summed E-state index contributed by atoms with van der Waals surface area (Å²) in [6.45, 7) is 0. The van der Waals surface area contributed by atoms with E-state index < -0.39 is 0 Å². The SMILES string of the molecule is Nc1ncc(Oc2cccnc2)nc1-c1nc2ccccc2[nH]1. The second-order valence-corrected chi connectivity index (χ2v) is 4.84. The molecule has 4 rings (SSSR count). The Balaban J connectivity index is 1.74. The van der Waals surface area contributed by atoms with Crippen molar-refractivity contribution in [1.82, 2.24) is 24.9 Å². The number of ether oxygens (including phenoxy) is 1. The van der Waals surface area contributed by atoms with E-state index in [1.54, 1.807) is 24.5 Å². The second-order valence-electron chi connectivity index (χ2n) is 4.84. The minimum absolute atomic E-state index is 0.280. The summed E-state index contributed by atoms with van der Waals surface area (Å²) >= 11 is 0. The summed E-state index contributed by atoms with van der Waals surface area (Å²) < 4.78 is 5.64. The second kappa shape index (κ2) is 5.38. The highest BCUT2D eigenvalue weighted by molar-refractivity contribution is 5.80. The van der Waals surface area contributed by atoms with Crippen LogP contribution in [-0.2, 0) is 0 Å². The summed E-state index contributed by atoms with van der Waals surface area (Å²) in [4.78, 5) is 20.2. The lowest BCUT2D eigenvalue weighted by Crippen LogP contribution is -2.00. The zero-order valence-corrected chi connectivity index (χ0v) is 12.0. The van der Waals surface area contributed by atoms with Gasteiger partial charge in [-0.05, 0) is 24.3 Å². The van der Waals surface area contributed by atoms with Gasteiger partial charge in [-0.1, -0.05) is 12.1 Å². The van der Waals surface area contributed by atoms with Crippen LogP contribution >= 0.6 is 0 Å². The van der Waals surface area contributed by atoms with Crippen LogP contribution in [0.5, 0.6) is 11.6 Å². The molecule has 0 aliphatic heterocycles. The van der Waals surface area contributed by atoms with E-state index >= 15 is 0 Å². The molecule has 23 heavy (non-hydrogen) atoms. The Morgan fingerprint density at radius 3 is 2.74 bits per heavy atom. The molecular weight excluding hydrogens is 292 g/mol. The number of hydrogen-bond donors (Lipinski definition) is 2. The molecule has 3 heterocycles. The zero-order chi connectivity index (χ0) is 15.6. The molecule has 4 aromatic rings. The van der Waals surface area contributed by atoms with Crippen LogP contribution in [0.25, 0.3) is 22.6 Å².